The predicted molar refractivity (Wildman–Crippen MR) is 95.3 cm³/mol. The van der Waals surface area contributed by atoms with E-state index in [1.54, 1.807) is 6.20 Å². The highest BCUT2D eigenvalue weighted by molar-refractivity contribution is 5.80. The molecule has 2 saturated carbocycles. The Labute approximate surface area is 147 Å². The molecule has 0 saturated heterocycles. The summed E-state index contributed by atoms with van der Waals surface area (Å²) < 4.78 is 6.14. The van der Waals surface area contributed by atoms with Crippen molar-refractivity contribution in [3.63, 3.8) is 0 Å². The molecule has 0 radical (unpaired) electrons. The molecule has 5 nitrogen and oxygen atoms in total. The highest BCUT2D eigenvalue weighted by Crippen LogP contribution is 2.29. The lowest BCUT2D eigenvalue weighted by molar-refractivity contribution is -0.132. The molecular weight excluding hydrogens is 316 g/mol. The van der Waals surface area contributed by atoms with Gasteiger partial charge in [0.25, 0.3) is 0 Å². The van der Waals surface area contributed by atoms with Crippen LogP contribution in [-0.2, 0) is 4.79 Å². The van der Waals surface area contributed by atoms with Gasteiger partial charge in [-0.05, 0) is 62.8 Å². The molecular formula is C20H24N2O3. The quantitative estimate of drug-likeness (QED) is 0.898. The van der Waals surface area contributed by atoms with Gasteiger partial charge in [0.15, 0.2) is 0 Å². The molecule has 2 N–H and O–H groups in total. The maximum absolute atomic E-state index is 12.1. The number of amides is 1. The predicted octanol–water partition coefficient (Wildman–Crippen LogP) is 2.81. The third-order valence-corrected chi connectivity index (χ3v) is 5.38. The Morgan fingerprint density at radius 2 is 1.96 bits per heavy atom. The second-order valence-electron chi connectivity index (χ2n) is 7.28. The molecule has 0 bridgehead atoms. The Balaban J connectivity index is 1.27. The van der Waals surface area contributed by atoms with Crippen molar-refractivity contribution in [3.05, 3.63) is 36.5 Å². The van der Waals surface area contributed by atoms with E-state index in [2.05, 4.69) is 10.3 Å². The summed E-state index contributed by atoms with van der Waals surface area (Å²) in [7, 11) is 0. The minimum absolute atomic E-state index is 0.00943. The van der Waals surface area contributed by atoms with E-state index in [1.165, 1.54) is 0 Å². The normalized spacial score (nSPS) is 29.0. The van der Waals surface area contributed by atoms with Gasteiger partial charge >= 0.3 is 0 Å². The van der Waals surface area contributed by atoms with Crippen LogP contribution in [0.4, 0.5) is 0 Å². The number of ether oxygens (including phenoxy) is 1. The van der Waals surface area contributed by atoms with E-state index in [-0.39, 0.29) is 30.1 Å². The van der Waals surface area contributed by atoms with E-state index < -0.39 is 0 Å². The lowest BCUT2D eigenvalue weighted by atomic mass is 9.81. The number of aromatic nitrogens is 1. The van der Waals surface area contributed by atoms with Crippen molar-refractivity contribution in [2.24, 2.45) is 5.92 Å². The number of pyridine rings is 1. The first kappa shape index (κ1) is 16.3. The first-order valence-corrected chi connectivity index (χ1v) is 9.17. The fourth-order valence-corrected chi connectivity index (χ4v) is 3.77. The van der Waals surface area contributed by atoms with Crippen LogP contribution in [0.2, 0.25) is 0 Å². The number of carbonyl (C=O) groups excluding carboxylic acids is 1. The number of nitrogens with zero attached hydrogens (tertiary/aromatic N) is 1. The number of hydrogen-bond acceptors (Lipinski definition) is 4. The topological polar surface area (TPSA) is 71.5 Å². The zero-order valence-electron chi connectivity index (χ0n) is 14.2. The van der Waals surface area contributed by atoms with Gasteiger partial charge in [0, 0.05) is 23.5 Å². The van der Waals surface area contributed by atoms with Crippen molar-refractivity contribution in [1.29, 1.82) is 0 Å². The van der Waals surface area contributed by atoms with E-state index in [0.717, 1.165) is 42.3 Å². The van der Waals surface area contributed by atoms with E-state index in [4.69, 9.17) is 4.74 Å². The van der Waals surface area contributed by atoms with Crippen LogP contribution in [0.15, 0.2) is 36.5 Å². The van der Waals surface area contributed by atoms with Crippen molar-refractivity contribution in [2.45, 2.75) is 56.8 Å². The number of aliphatic hydroxyl groups is 1. The van der Waals surface area contributed by atoms with Gasteiger partial charge in [-0.2, -0.15) is 0 Å². The van der Waals surface area contributed by atoms with Gasteiger partial charge in [-0.3, -0.25) is 9.78 Å². The standard InChI is InChI=1S/C20H24N2O3/c23-16-10-14(11-16)20(24)22-15-3-5-17(6-4-15)25-18-7-8-19-13(12-18)2-1-9-21-19/h1-2,7-9,12,14-17,23H,3-6,10-11H2,(H,22,24). The molecule has 2 fully saturated rings. The average molecular weight is 340 g/mol. The Morgan fingerprint density at radius 1 is 1.16 bits per heavy atom. The lowest BCUT2D eigenvalue weighted by Crippen LogP contribution is -2.46. The van der Waals surface area contributed by atoms with Crippen LogP contribution in [0.25, 0.3) is 10.9 Å². The maximum atomic E-state index is 12.1. The van der Waals surface area contributed by atoms with E-state index in [9.17, 15) is 9.90 Å². The lowest BCUT2D eigenvalue weighted by Gasteiger charge is -2.34. The van der Waals surface area contributed by atoms with Crippen molar-refractivity contribution in [3.8, 4) is 5.75 Å². The monoisotopic (exact) mass is 340 g/mol. The SMILES string of the molecule is O=C(NC1CCC(Oc2ccc3ncccc3c2)CC1)C1CC(O)C1. The second kappa shape index (κ2) is 7.00. The maximum Gasteiger partial charge on any atom is 0.223 e. The highest BCUT2D eigenvalue weighted by Gasteiger charge is 2.34. The number of carbonyl (C=O) groups is 1. The molecule has 25 heavy (non-hydrogen) atoms. The largest absolute Gasteiger partial charge is 0.490 e. The summed E-state index contributed by atoms with van der Waals surface area (Å²) in [5.41, 5.74) is 0.974. The molecule has 1 aromatic carbocycles. The average Bonchev–Trinajstić information content (AvgIpc) is 2.60. The summed E-state index contributed by atoms with van der Waals surface area (Å²) in [5.74, 6) is 1.00. The van der Waals surface area contributed by atoms with Crippen molar-refractivity contribution in [1.82, 2.24) is 10.3 Å². The number of fused-ring (bicyclic) bond motifs is 1. The van der Waals surface area contributed by atoms with Gasteiger partial charge in [0.1, 0.15) is 5.75 Å². The molecule has 2 aliphatic rings. The summed E-state index contributed by atoms with van der Waals surface area (Å²) in [4.78, 5) is 16.4. The molecule has 1 aromatic heterocycles. The van der Waals surface area contributed by atoms with Crippen molar-refractivity contribution >= 4 is 16.8 Å². The summed E-state index contributed by atoms with van der Waals surface area (Å²) in [6.07, 6.45) is 6.73. The molecule has 2 aromatic rings. The molecule has 0 atom stereocenters. The zero-order valence-corrected chi connectivity index (χ0v) is 14.2. The second-order valence-corrected chi connectivity index (χ2v) is 7.28. The smallest absolute Gasteiger partial charge is 0.223 e. The van der Waals surface area contributed by atoms with E-state index in [1.807, 2.05) is 30.3 Å². The summed E-state index contributed by atoms with van der Waals surface area (Å²) in [6.45, 7) is 0. The molecule has 0 spiro atoms. The van der Waals surface area contributed by atoms with Crippen molar-refractivity contribution in [2.75, 3.05) is 0 Å². The molecule has 2 aliphatic carbocycles. The van der Waals surface area contributed by atoms with Crippen LogP contribution in [0.1, 0.15) is 38.5 Å². The van der Waals surface area contributed by atoms with Gasteiger partial charge in [-0.25, -0.2) is 0 Å². The van der Waals surface area contributed by atoms with Gasteiger partial charge in [-0.1, -0.05) is 6.07 Å². The third-order valence-electron chi connectivity index (χ3n) is 5.38. The van der Waals surface area contributed by atoms with E-state index in [0.29, 0.717) is 12.8 Å². The molecule has 1 heterocycles. The third kappa shape index (κ3) is 3.76. The zero-order chi connectivity index (χ0) is 17.2. The van der Waals surface area contributed by atoms with Crippen LogP contribution in [0.3, 0.4) is 0 Å². The molecule has 0 aliphatic heterocycles. The van der Waals surface area contributed by atoms with Crippen LogP contribution in [0.5, 0.6) is 5.75 Å². The van der Waals surface area contributed by atoms with Gasteiger partial charge in [0.05, 0.1) is 17.7 Å². The summed E-state index contributed by atoms with van der Waals surface area (Å²) >= 11 is 0. The first-order chi connectivity index (χ1) is 12.2. The number of nitrogens with one attached hydrogen (secondary N) is 1. The molecule has 0 unspecified atom stereocenters. The molecule has 5 heteroatoms. The number of hydrogen-bond donors (Lipinski definition) is 2. The summed E-state index contributed by atoms with van der Waals surface area (Å²) in [5, 5.41) is 13.5. The fraction of sp³-hybridized carbons (Fsp3) is 0.500. The number of aliphatic hydroxyl groups excluding tert-OH is 1. The number of benzene rings is 1. The fourth-order valence-electron chi connectivity index (χ4n) is 3.77. The van der Waals surface area contributed by atoms with Crippen LogP contribution >= 0.6 is 0 Å². The number of rotatable bonds is 4. The molecule has 4 rings (SSSR count). The van der Waals surface area contributed by atoms with Crippen LogP contribution < -0.4 is 10.1 Å². The van der Waals surface area contributed by atoms with E-state index >= 15 is 0 Å². The minimum Gasteiger partial charge on any atom is -0.490 e. The minimum atomic E-state index is -0.281. The van der Waals surface area contributed by atoms with Gasteiger partial charge in [-0.15, -0.1) is 0 Å². The molecule has 1 amide bonds. The van der Waals surface area contributed by atoms with Gasteiger partial charge in [0.2, 0.25) is 5.91 Å². The summed E-state index contributed by atoms with van der Waals surface area (Å²) in [6, 6.07) is 10.2. The van der Waals surface area contributed by atoms with Gasteiger partial charge < -0.3 is 15.2 Å². The Kier molecular flexibility index (Phi) is 4.57. The Hall–Kier alpha value is -2.14. The Morgan fingerprint density at radius 3 is 2.72 bits per heavy atom. The first-order valence-electron chi connectivity index (χ1n) is 9.17. The van der Waals surface area contributed by atoms with Crippen LogP contribution in [0, 0.1) is 5.92 Å². The van der Waals surface area contributed by atoms with Crippen molar-refractivity contribution < 1.29 is 14.6 Å². The molecule has 132 valence electrons. The highest BCUT2D eigenvalue weighted by atomic mass is 16.5. The Bertz CT molecular complexity index is 749. The van der Waals surface area contributed by atoms with Crippen LogP contribution in [-0.4, -0.2) is 34.2 Å².